The number of hydrogen-bond donors (Lipinski definition) is 4. The Labute approximate surface area is 340 Å². The number of nitrogens with zero attached hydrogens (tertiary/aromatic N) is 1. The van der Waals surface area contributed by atoms with Gasteiger partial charge in [0.1, 0.15) is 5.78 Å². The lowest BCUT2D eigenvalue weighted by atomic mass is 9.81. The molecule has 11 heteroatoms. The van der Waals surface area contributed by atoms with Crippen LogP contribution in [0.15, 0.2) is 60.7 Å². The van der Waals surface area contributed by atoms with E-state index in [1.165, 1.54) is 6.92 Å². The zero-order chi connectivity index (χ0) is 41.9. The van der Waals surface area contributed by atoms with E-state index in [-0.39, 0.29) is 49.1 Å². The molecule has 314 valence electrons. The molecule has 5 N–H and O–H groups in total. The van der Waals surface area contributed by atoms with Crippen LogP contribution in [-0.4, -0.2) is 82.4 Å². The van der Waals surface area contributed by atoms with E-state index in [2.05, 4.69) is 36.3 Å². The first-order valence-corrected chi connectivity index (χ1v) is 21.2. The molecule has 0 heterocycles. The predicted molar refractivity (Wildman–Crippen MR) is 223 cm³/mol. The summed E-state index contributed by atoms with van der Waals surface area (Å²) in [6.45, 7) is 11.0. The number of carbonyl (C=O) groups excluding carboxylic acids is 6. The molecule has 0 radical (unpaired) electrons. The lowest BCUT2D eigenvalue weighted by molar-refractivity contribution is -0.135. The standard InChI is InChI=1S/C46H68N4O7/c1-6-50(31(2)3)25-17-16-24-40(43(54)30-39(33(5)51)44(47)55)49-46(57)37(26-34-18-10-7-11-19-34)28-41(52)32(4)48-45(56)38(27-35-20-12-8-13-21-35)29-42(53)36-22-14-9-15-23-36/h7-8,10-13,18-21,31-33,36-40,51H,6,9,14-17,22-30H2,1-5H3,(H2,47,55)(H,48,56)(H,49,57)/t32-,33+,37+,38+,39-,40-/m0/s1. The average Bonchev–Trinajstić information content (AvgIpc) is 3.19. The molecule has 0 aromatic heterocycles. The Bertz CT molecular complexity index is 1580. The van der Waals surface area contributed by atoms with Crippen LogP contribution in [0.3, 0.4) is 0 Å². The van der Waals surface area contributed by atoms with E-state index in [4.69, 9.17) is 5.73 Å². The Kier molecular flexibility index (Phi) is 20.3. The van der Waals surface area contributed by atoms with Gasteiger partial charge in [0.15, 0.2) is 11.6 Å². The van der Waals surface area contributed by atoms with E-state index < -0.39 is 53.5 Å². The van der Waals surface area contributed by atoms with Gasteiger partial charge in [0.05, 0.1) is 24.1 Å². The summed E-state index contributed by atoms with van der Waals surface area (Å²) in [7, 11) is 0. The first-order chi connectivity index (χ1) is 27.2. The number of amides is 3. The van der Waals surface area contributed by atoms with Gasteiger partial charge in [-0.1, -0.05) is 86.8 Å². The van der Waals surface area contributed by atoms with Crippen LogP contribution in [0.5, 0.6) is 0 Å². The number of aliphatic hydroxyl groups excluding tert-OH is 1. The molecule has 0 bridgehead atoms. The third-order valence-corrected chi connectivity index (χ3v) is 11.6. The first-order valence-electron chi connectivity index (χ1n) is 21.2. The summed E-state index contributed by atoms with van der Waals surface area (Å²) in [6, 6.07) is 17.3. The van der Waals surface area contributed by atoms with Crippen molar-refractivity contribution < 1.29 is 33.9 Å². The van der Waals surface area contributed by atoms with Crippen molar-refractivity contribution in [3.63, 3.8) is 0 Å². The molecule has 0 spiro atoms. The highest BCUT2D eigenvalue weighted by molar-refractivity contribution is 5.96. The number of carbonyl (C=O) groups is 6. The minimum Gasteiger partial charge on any atom is -0.393 e. The molecular formula is C46H68N4O7. The van der Waals surface area contributed by atoms with Gasteiger partial charge in [-0.3, -0.25) is 28.8 Å². The van der Waals surface area contributed by atoms with Crippen LogP contribution < -0.4 is 16.4 Å². The minimum absolute atomic E-state index is 0.0448. The van der Waals surface area contributed by atoms with Crippen molar-refractivity contribution in [1.29, 1.82) is 0 Å². The second-order valence-electron chi connectivity index (χ2n) is 16.4. The molecule has 11 nitrogen and oxygen atoms in total. The van der Waals surface area contributed by atoms with Gasteiger partial charge in [-0.2, -0.15) is 0 Å². The Morgan fingerprint density at radius 3 is 1.79 bits per heavy atom. The fourth-order valence-corrected chi connectivity index (χ4v) is 7.89. The number of nitrogens with one attached hydrogen (secondary N) is 2. The number of Topliss-reactive ketones (excluding diaryl/α,β-unsaturated/α-hetero) is 3. The van der Waals surface area contributed by atoms with E-state index in [9.17, 15) is 33.9 Å². The van der Waals surface area contributed by atoms with Gasteiger partial charge in [0.2, 0.25) is 17.7 Å². The highest BCUT2D eigenvalue weighted by Crippen LogP contribution is 2.28. The molecule has 1 aliphatic carbocycles. The minimum atomic E-state index is -1.15. The highest BCUT2D eigenvalue weighted by Gasteiger charge is 2.34. The highest BCUT2D eigenvalue weighted by atomic mass is 16.3. The molecule has 0 aliphatic heterocycles. The molecule has 0 unspecified atom stereocenters. The number of primary amides is 1. The van der Waals surface area contributed by atoms with Crippen LogP contribution in [0, 0.1) is 23.7 Å². The molecule has 0 saturated heterocycles. The molecule has 57 heavy (non-hydrogen) atoms. The van der Waals surface area contributed by atoms with Crippen molar-refractivity contribution in [3.8, 4) is 0 Å². The summed E-state index contributed by atoms with van der Waals surface area (Å²) < 4.78 is 0. The van der Waals surface area contributed by atoms with Crippen molar-refractivity contribution in [2.75, 3.05) is 13.1 Å². The van der Waals surface area contributed by atoms with Crippen LogP contribution in [0.1, 0.15) is 116 Å². The number of hydrogen-bond acceptors (Lipinski definition) is 8. The quantitative estimate of drug-likeness (QED) is 0.0900. The van der Waals surface area contributed by atoms with E-state index in [0.717, 1.165) is 62.7 Å². The topological polar surface area (TPSA) is 176 Å². The summed E-state index contributed by atoms with van der Waals surface area (Å²) in [5, 5.41) is 16.0. The molecule has 1 aliphatic rings. The molecule has 1 saturated carbocycles. The Morgan fingerprint density at radius 1 is 0.737 bits per heavy atom. The van der Waals surface area contributed by atoms with E-state index in [1.807, 2.05) is 60.7 Å². The van der Waals surface area contributed by atoms with Gasteiger partial charge >= 0.3 is 0 Å². The van der Waals surface area contributed by atoms with Gasteiger partial charge in [-0.15, -0.1) is 0 Å². The molecule has 3 rings (SSSR count). The summed E-state index contributed by atoms with van der Waals surface area (Å²) in [4.78, 5) is 83.4. The van der Waals surface area contributed by atoms with E-state index >= 15 is 0 Å². The number of aliphatic hydroxyl groups is 1. The Hall–Kier alpha value is -4.22. The summed E-state index contributed by atoms with van der Waals surface area (Å²) in [5.41, 5.74) is 7.27. The predicted octanol–water partition coefficient (Wildman–Crippen LogP) is 5.53. The third-order valence-electron chi connectivity index (χ3n) is 11.6. The van der Waals surface area contributed by atoms with Crippen LogP contribution in [0.25, 0.3) is 0 Å². The monoisotopic (exact) mass is 789 g/mol. The van der Waals surface area contributed by atoms with Crippen molar-refractivity contribution in [2.45, 2.75) is 142 Å². The van der Waals surface area contributed by atoms with Crippen molar-refractivity contribution in [1.82, 2.24) is 15.5 Å². The Morgan fingerprint density at radius 2 is 1.28 bits per heavy atom. The van der Waals surface area contributed by atoms with Crippen LogP contribution in [0.4, 0.5) is 0 Å². The normalized spacial score (nSPS) is 16.6. The number of ketones is 3. The summed E-state index contributed by atoms with van der Waals surface area (Å²) in [6.07, 6.45) is 5.52. The van der Waals surface area contributed by atoms with Gasteiger partial charge < -0.3 is 26.4 Å². The molecule has 1 fully saturated rings. The molecular weight excluding hydrogens is 721 g/mol. The third kappa shape index (κ3) is 16.3. The van der Waals surface area contributed by atoms with E-state index in [0.29, 0.717) is 25.3 Å². The molecule has 6 atom stereocenters. The molecule has 2 aromatic rings. The second-order valence-corrected chi connectivity index (χ2v) is 16.4. The summed E-state index contributed by atoms with van der Waals surface area (Å²) >= 11 is 0. The van der Waals surface area contributed by atoms with Crippen LogP contribution in [0.2, 0.25) is 0 Å². The van der Waals surface area contributed by atoms with Gasteiger partial charge in [-0.25, -0.2) is 0 Å². The summed E-state index contributed by atoms with van der Waals surface area (Å²) in [5.74, 6) is -5.02. The maximum absolute atomic E-state index is 14.2. The number of rotatable bonds is 26. The average molecular weight is 789 g/mol. The van der Waals surface area contributed by atoms with Crippen molar-refractivity contribution >= 4 is 35.1 Å². The van der Waals surface area contributed by atoms with Crippen LogP contribution in [-0.2, 0) is 41.6 Å². The van der Waals surface area contributed by atoms with Gasteiger partial charge in [0, 0.05) is 43.1 Å². The largest absolute Gasteiger partial charge is 0.393 e. The first kappa shape index (κ1) is 47.2. The fraction of sp³-hybridized carbons (Fsp3) is 0.609. The number of unbranched alkanes of at least 4 members (excludes halogenated alkanes) is 1. The van der Waals surface area contributed by atoms with E-state index in [1.54, 1.807) is 6.92 Å². The fourth-order valence-electron chi connectivity index (χ4n) is 7.89. The number of benzene rings is 2. The SMILES string of the molecule is CCN(CCCC[C@H](NC(=O)[C@@H](CC(=O)[C@H](C)NC(=O)[C@@H](CC(=O)C1CCCCC1)Cc1ccccc1)Cc1ccccc1)C(=O)C[C@H](C(N)=O)[C@@H](C)O)C(C)C. The molecule has 2 aromatic carbocycles. The number of nitrogens with two attached hydrogens (primary N) is 1. The maximum Gasteiger partial charge on any atom is 0.224 e. The lowest BCUT2D eigenvalue weighted by Crippen LogP contribution is -2.48. The van der Waals surface area contributed by atoms with Gasteiger partial charge in [0.25, 0.3) is 0 Å². The lowest BCUT2D eigenvalue weighted by Gasteiger charge is -2.26. The zero-order valence-electron chi connectivity index (χ0n) is 34.9. The maximum atomic E-state index is 14.2. The van der Waals surface area contributed by atoms with Gasteiger partial charge in [-0.05, 0) is 96.9 Å². The van der Waals surface area contributed by atoms with Crippen molar-refractivity contribution in [2.24, 2.45) is 29.4 Å². The van der Waals surface area contributed by atoms with Crippen molar-refractivity contribution in [3.05, 3.63) is 71.8 Å². The zero-order valence-corrected chi connectivity index (χ0v) is 34.9. The smallest absolute Gasteiger partial charge is 0.224 e. The second kappa shape index (κ2) is 24.5. The molecule has 3 amide bonds. The Balaban J connectivity index is 1.79. The van der Waals surface area contributed by atoms with Crippen LogP contribution >= 0.6 is 0 Å².